The zero-order chi connectivity index (χ0) is 17.6. The molecule has 0 amide bonds. The third kappa shape index (κ3) is 8.29. The van der Waals surface area contributed by atoms with Crippen molar-refractivity contribution in [3.8, 4) is 0 Å². The van der Waals surface area contributed by atoms with Gasteiger partial charge in [-0.3, -0.25) is 4.99 Å². The SMILES string of the molecule is CCNC(=NCCCCN(CC)CC)NCCc1ccccc1F. The Balaban J connectivity index is 2.30. The molecule has 2 N–H and O–H groups in total. The van der Waals surface area contributed by atoms with Gasteiger partial charge in [-0.2, -0.15) is 0 Å². The number of guanidine groups is 1. The summed E-state index contributed by atoms with van der Waals surface area (Å²) in [4.78, 5) is 7.03. The van der Waals surface area contributed by atoms with E-state index in [1.807, 2.05) is 12.1 Å². The largest absolute Gasteiger partial charge is 0.357 e. The van der Waals surface area contributed by atoms with Crippen LogP contribution in [-0.4, -0.2) is 50.1 Å². The molecule has 0 radical (unpaired) electrons. The summed E-state index contributed by atoms with van der Waals surface area (Å²) in [7, 11) is 0. The zero-order valence-corrected chi connectivity index (χ0v) is 15.4. The van der Waals surface area contributed by atoms with E-state index in [9.17, 15) is 4.39 Å². The topological polar surface area (TPSA) is 39.7 Å². The Morgan fingerprint density at radius 2 is 1.83 bits per heavy atom. The summed E-state index contributed by atoms with van der Waals surface area (Å²) in [6.45, 7) is 12.1. The number of nitrogens with zero attached hydrogens (tertiary/aromatic N) is 2. The lowest BCUT2D eigenvalue weighted by Crippen LogP contribution is -2.38. The van der Waals surface area contributed by atoms with E-state index < -0.39 is 0 Å². The second-order valence-corrected chi connectivity index (χ2v) is 5.76. The van der Waals surface area contributed by atoms with Crippen LogP contribution < -0.4 is 10.6 Å². The van der Waals surface area contributed by atoms with E-state index in [2.05, 4.69) is 41.3 Å². The first-order valence-electron chi connectivity index (χ1n) is 9.19. The number of hydrogen-bond acceptors (Lipinski definition) is 2. The maximum absolute atomic E-state index is 13.6. The summed E-state index contributed by atoms with van der Waals surface area (Å²) in [6, 6.07) is 6.92. The highest BCUT2D eigenvalue weighted by atomic mass is 19.1. The van der Waals surface area contributed by atoms with Gasteiger partial charge in [0.05, 0.1) is 0 Å². The standard InChI is InChI=1S/C19H33FN4/c1-4-21-19(22-14-9-10-16-24(5-2)6-3)23-15-13-17-11-7-8-12-18(17)20/h7-8,11-12H,4-6,9-10,13-16H2,1-3H3,(H2,21,22,23). The van der Waals surface area contributed by atoms with Crippen LogP contribution in [0.1, 0.15) is 39.2 Å². The molecule has 1 aromatic rings. The van der Waals surface area contributed by atoms with Crippen molar-refractivity contribution in [2.45, 2.75) is 40.0 Å². The number of unbranched alkanes of at least 4 members (excludes halogenated alkanes) is 1. The number of hydrogen-bond donors (Lipinski definition) is 2. The number of benzene rings is 1. The average molecular weight is 336 g/mol. The molecule has 0 fully saturated rings. The minimum atomic E-state index is -0.141. The number of halogens is 1. The maximum atomic E-state index is 13.6. The van der Waals surface area contributed by atoms with E-state index in [0.29, 0.717) is 13.0 Å². The first-order valence-corrected chi connectivity index (χ1v) is 9.19. The van der Waals surface area contributed by atoms with Crippen molar-refractivity contribution in [1.82, 2.24) is 15.5 Å². The Labute approximate surface area is 146 Å². The van der Waals surface area contributed by atoms with Gasteiger partial charge < -0.3 is 15.5 Å². The first-order chi connectivity index (χ1) is 11.7. The molecule has 1 aromatic carbocycles. The van der Waals surface area contributed by atoms with Crippen LogP contribution in [0.5, 0.6) is 0 Å². The van der Waals surface area contributed by atoms with Gasteiger partial charge in [0.1, 0.15) is 5.82 Å². The fourth-order valence-corrected chi connectivity index (χ4v) is 2.54. The molecule has 0 spiro atoms. The van der Waals surface area contributed by atoms with Crippen molar-refractivity contribution >= 4 is 5.96 Å². The summed E-state index contributed by atoms with van der Waals surface area (Å²) in [6.07, 6.45) is 2.90. The second-order valence-electron chi connectivity index (χ2n) is 5.76. The Morgan fingerprint density at radius 3 is 2.50 bits per heavy atom. The molecule has 0 saturated carbocycles. The molecular weight excluding hydrogens is 303 g/mol. The third-order valence-electron chi connectivity index (χ3n) is 4.04. The maximum Gasteiger partial charge on any atom is 0.191 e. The minimum Gasteiger partial charge on any atom is -0.357 e. The molecule has 0 atom stereocenters. The second kappa shape index (κ2) is 12.8. The van der Waals surface area contributed by atoms with Gasteiger partial charge in [0.2, 0.25) is 0 Å². The molecule has 24 heavy (non-hydrogen) atoms. The molecule has 5 heteroatoms. The molecule has 0 heterocycles. The summed E-state index contributed by atoms with van der Waals surface area (Å²) in [5, 5.41) is 6.52. The van der Waals surface area contributed by atoms with Crippen LogP contribution in [0.4, 0.5) is 4.39 Å². The zero-order valence-electron chi connectivity index (χ0n) is 15.4. The van der Waals surface area contributed by atoms with Crippen molar-refractivity contribution in [2.75, 3.05) is 39.3 Å². The molecule has 0 aliphatic heterocycles. The smallest absolute Gasteiger partial charge is 0.191 e. The summed E-state index contributed by atoms with van der Waals surface area (Å²) < 4.78 is 13.6. The van der Waals surface area contributed by atoms with Gasteiger partial charge >= 0.3 is 0 Å². The predicted molar refractivity (Wildman–Crippen MR) is 101 cm³/mol. The van der Waals surface area contributed by atoms with E-state index in [-0.39, 0.29) is 5.82 Å². The van der Waals surface area contributed by atoms with Crippen molar-refractivity contribution in [3.63, 3.8) is 0 Å². The van der Waals surface area contributed by atoms with Crippen molar-refractivity contribution < 1.29 is 4.39 Å². The first kappa shape index (κ1) is 20.4. The van der Waals surface area contributed by atoms with Gasteiger partial charge in [-0.05, 0) is 57.5 Å². The van der Waals surface area contributed by atoms with Gasteiger partial charge in [-0.1, -0.05) is 32.0 Å². The van der Waals surface area contributed by atoms with Crippen LogP contribution >= 0.6 is 0 Å². The Bertz CT molecular complexity index is 472. The predicted octanol–water partition coefficient (Wildman–Crippen LogP) is 3.05. The van der Waals surface area contributed by atoms with E-state index in [1.165, 1.54) is 12.5 Å². The highest BCUT2D eigenvalue weighted by Crippen LogP contribution is 2.06. The summed E-state index contributed by atoms with van der Waals surface area (Å²) in [5.74, 6) is 0.675. The van der Waals surface area contributed by atoms with Gasteiger partial charge in [0.25, 0.3) is 0 Å². The lowest BCUT2D eigenvalue weighted by Gasteiger charge is -2.17. The summed E-state index contributed by atoms with van der Waals surface area (Å²) in [5.41, 5.74) is 0.736. The van der Waals surface area contributed by atoms with E-state index in [4.69, 9.17) is 0 Å². The molecule has 0 aliphatic rings. The lowest BCUT2D eigenvalue weighted by molar-refractivity contribution is 0.297. The van der Waals surface area contributed by atoms with Crippen LogP contribution in [0, 0.1) is 5.82 Å². The molecule has 1 rings (SSSR count). The number of aliphatic imine (C=N–C) groups is 1. The highest BCUT2D eigenvalue weighted by molar-refractivity contribution is 5.79. The van der Waals surface area contributed by atoms with Gasteiger partial charge in [-0.25, -0.2) is 4.39 Å². The fraction of sp³-hybridized carbons (Fsp3) is 0.632. The monoisotopic (exact) mass is 336 g/mol. The fourth-order valence-electron chi connectivity index (χ4n) is 2.54. The minimum absolute atomic E-state index is 0.141. The van der Waals surface area contributed by atoms with E-state index in [1.54, 1.807) is 6.07 Å². The lowest BCUT2D eigenvalue weighted by atomic mass is 10.1. The van der Waals surface area contributed by atoms with Crippen LogP contribution in [0.25, 0.3) is 0 Å². The van der Waals surface area contributed by atoms with Crippen molar-refractivity contribution in [2.24, 2.45) is 4.99 Å². The number of rotatable bonds is 11. The summed E-state index contributed by atoms with van der Waals surface area (Å²) >= 11 is 0. The molecule has 136 valence electrons. The molecule has 0 aliphatic carbocycles. The van der Waals surface area contributed by atoms with Gasteiger partial charge in [-0.15, -0.1) is 0 Å². The molecule has 0 unspecified atom stereocenters. The van der Waals surface area contributed by atoms with Crippen LogP contribution in [0.3, 0.4) is 0 Å². The Hall–Kier alpha value is -1.62. The van der Waals surface area contributed by atoms with Gasteiger partial charge in [0, 0.05) is 19.6 Å². The average Bonchev–Trinajstić information content (AvgIpc) is 2.59. The van der Waals surface area contributed by atoms with Gasteiger partial charge in [0.15, 0.2) is 5.96 Å². The molecule has 0 bridgehead atoms. The van der Waals surface area contributed by atoms with Crippen molar-refractivity contribution in [1.29, 1.82) is 0 Å². The third-order valence-corrected chi connectivity index (χ3v) is 4.04. The highest BCUT2D eigenvalue weighted by Gasteiger charge is 2.02. The van der Waals surface area contributed by atoms with Crippen LogP contribution in [0.2, 0.25) is 0 Å². The Morgan fingerprint density at radius 1 is 1.08 bits per heavy atom. The molecule has 4 nitrogen and oxygen atoms in total. The van der Waals surface area contributed by atoms with E-state index in [0.717, 1.165) is 50.7 Å². The van der Waals surface area contributed by atoms with Crippen LogP contribution in [-0.2, 0) is 6.42 Å². The molecular formula is C19H33FN4. The quantitative estimate of drug-likeness (QED) is 0.371. The Kier molecular flexibility index (Phi) is 10.9. The molecule has 0 saturated heterocycles. The molecule has 0 aromatic heterocycles. The number of nitrogens with one attached hydrogen (secondary N) is 2. The van der Waals surface area contributed by atoms with E-state index >= 15 is 0 Å². The normalized spacial score (nSPS) is 11.8. The van der Waals surface area contributed by atoms with Crippen LogP contribution in [0.15, 0.2) is 29.3 Å². The van der Waals surface area contributed by atoms with Crippen molar-refractivity contribution in [3.05, 3.63) is 35.6 Å².